The molecule has 0 aliphatic carbocycles. The summed E-state index contributed by atoms with van der Waals surface area (Å²) in [5.41, 5.74) is 1.23. The normalized spacial score (nSPS) is 16.4. The van der Waals surface area contributed by atoms with Crippen LogP contribution in [0.2, 0.25) is 0 Å². The van der Waals surface area contributed by atoms with E-state index in [2.05, 4.69) is 36.1 Å². The molecule has 0 unspecified atom stereocenters. The summed E-state index contributed by atoms with van der Waals surface area (Å²) in [5, 5.41) is 2.03. The monoisotopic (exact) mass is 314 g/mol. The zero-order valence-corrected chi connectivity index (χ0v) is 13.5. The molecule has 1 aromatic carbocycles. The van der Waals surface area contributed by atoms with Gasteiger partial charge in [-0.15, -0.1) is 0 Å². The van der Waals surface area contributed by atoms with Crippen molar-refractivity contribution in [3.05, 3.63) is 54.5 Å². The highest BCUT2D eigenvalue weighted by Gasteiger charge is 2.23. The van der Waals surface area contributed by atoms with Gasteiger partial charge in [0.2, 0.25) is 0 Å². The quantitative estimate of drug-likeness (QED) is 0.904. The molecule has 1 aliphatic heterocycles. The van der Waals surface area contributed by atoms with Crippen LogP contribution in [0.4, 0.5) is 5.69 Å². The minimum Gasteiger partial charge on any atom is -0.463 e. The van der Waals surface area contributed by atoms with Gasteiger partial charge >= 0.3 is 0 Å². The number of quaternary nitrogens is 1. The lowest BCUT2D eigenvalue weighted by atomic mass is 10.2. The second-order valence-corrected chi connectivity index (χ2v) is 5.95. The molecule has 23 heavy (non-hydrogen) atoms. The Hall–Kier alpha value is -2.27. The first kappa shape index (κ1) is 15.6. The van der Waals surface area contributed by atoms with Crippen molar-refractivity contribution in [2.45, 2.75) is 13.0 Å². The lowest BCUT2D eigenvalue weighted by Gasteiger charge is -2.35. The van der Waals surface area contributed by atoms with Gasteiger partial charge in [-0.25, -0.2) is 0 Å². The van der Waals surface area contributed by atoms with Crippen molar-refractivity contribution < 1.29 is 14.5 Å². The van der Waals surface area contributed by atoms with Gasteiger partial charge in [0.05, 0.1) is 6.26 Å². The third-order valence-corrected chi connectivity index (χ3v) is 4.39. The van der Waals surface area contributed by atoms with Gasteiger partial charge < -0.3 is 19.5 Å². The first-order valence-electron chi connectivity index (χ1n) is 8.18. The van der Waals surface area contributed by atoms with Crippen LogP contribution in [0.5, 0.6) is 0 Å². The van der Waals surface area contributed by atoms with Gasteiger partial charge in [-0.2, -0.15) is 0 Å². The number of piperazine rings is 1. The Kier molecular flexibility index (Phi) is 4.98. The molecule has 0 bridgehead atoms. The van der Waals surface area contributed by atoms with Crippen LogP contribution in [0, 0.1) is 0 Å². The predicted molar refractivity (Wildman–Crippen MR) is 89.2 cm³/mol. The highest BCUT2D eigenvalue weighted by atomic mass is 16.3. The van der Waals surface area contributed by atoms with E-state index < -0.39 is 0 Å². The minimum absolute atomic E-state index is 0.166. The molecule has 1 saturated heterocycles. The van der Waals surface area contributed by atoms with Crippen LogP contribution < -0.4 is 10.2 Å². The average Bonchev–Trinajstić information content (AvgIpc) is 3.15. The largest absolute Gasteiger partial charge is 0.463 e. The van der Waals surface area contributed by atoms with Crippen molar-refractivity contribution in [1.29, 1.82) is 0 Å². The Bertz CT molecular complexity index is 604. The van der Waals surface area contributed by atoms with Gasteiger partial charge in [0.25, 0.3) is 5.91 Å². The van der Waals surface area contributed by atoms with Gasteiger partial charge in [0, 0.05) is 31.9 Å². The van der Waals surface area contributed by atoms with Gasteiger partial charge in [-0.1, -0.05) is 18.2 Å². The second-order valence-electron chi connectivity index (χ2n) is 5.95. The molecule has 5 nitrogen and oxygen atoms in total. The van der Waals surface area contributed by atoms with Crippen LogP contribution in [0.15, 0.2) is 53.1 Å². The van der Waals surface area contributed by atoms with Crippen LogP contribution >= 0.6 is 0 Å². The molecule has 1 aromatic heterocycles. The van der Waals surface area contributed by atoms with E-state index in [0.717, 1.165) is 31.9 Å². The maximum atomic E-state index is 12.4. The van der Waals surface area contributed by atoms with Gasteiger partial charge in [0.15, 0.2) is 12.3 Å². The smallest absolute Gasteiger partial charge is 0.277 e. The molecular weight excluding hydrogens is 290 g/mol. The first-order chi connectivity index (χ1) is 11.2. The van der Waals surface area contributed by atoms with E-state index in [-0.39, 0.29) is 11.9 Å². The number of amides is 1. The van der Waals surface area contributed by atoms with Crippen molar-refractivity contribution >= 4 is 11.6 Å². The molecule has 3 rings (SSSR count). The van der Waals surface area contributed by atoms with E-state index in [0.29, 0.717) is 6.54 Å². The summed E-state index contributed by atoms with van der Waals surface area (Å²) in [5.74, 6) is 1.11. The fraction of sp³-hybridized carbons (Fsp3) is 0.389. The van der Waals surface area contributed by atoms with Crippen LogP contribution in [0.3, 0.4) is 0 Å². The molecule has 0 saturated carbocycles. The van der Waals surface area contributed by atoms with Gasteiger partial charge in [-0.3, -0.25) is 4.79 Å². The Morgan fingerprint density at radius 3 is 2.52 bits per heavy atom. The standard InChI is InChI=1S/C18H23N3O2/c1-15(17-8-5-13-23-17)19-14-18(22)21-11-9-20(10-12-21)16-6-3-2-4-7-16/h2-8,13,15,19H,9-12,14H2,1H3/p+1/t15-/m1/s1. The van der Waals surface area contributed by atoms with E-state index in [4.69, 9.17) is 4.42 Å². The number of carbonyl (C=O) groups is 1. The lowest BCUT2D eigenvalue weighted by molar-refractivity contribution is -0.685. The highest BCUT2D eigenvalue weighted by molar-refractivity contribution is 5.77. The molecule has 122 valence electrons. The zero-order chi connectivity index (χ0) is 16.1. The van der Waals surface area contributed by atoms with Crippen LogP contribution in [0.1, 0.15) is 18.7 Å². The zero-order valence-electron chi connectivity index (χ0n) is 13.5. The summed E-state index contributed by atoms with van der Waals surface area (Å²) in [4.78, 5) is 16.7. The average molecular weight is 314 g/mol. The third-order valence-electron chi connectivity index (χ3n) is 4.39. The molecule has 0 radical (unpaired) electrons. The molecule has 2 heterocycles. The first-order valence-corrected chi connectivity index (χ1v) is 8.18. The maximum absolute atomic E-state index is 12.4. The Balaban J connectivity index is 1.45. The number of para-hydroxylation sites is 1. The number of benzene rings is 1. The van der Waals surface area contributed by atoms with E-state index in [1.165, 1.54) is 5.69 Å². The van der Waals surface area contributed by atoms with E-state index >= 15 is 0 Å². The number of hydrogen-bond donors (Lipinski definition) is 1. The number of carbonyl (C=O) groups excluding carboxylic acids is 1. The molecule has 1 aliphatic rings. The van der Waals surface area contributed by atoms with E-state index in [1.54, 1.807) is 6.26 Å². The molecule has 2 aromatic rings. The molecular formula is C18H24N3O2+. The molecule has 5 heteroatoms. The van der Waals surface area contributed by atoms with Crippen molar-refractivity contribution in [1.82, 2.24) is 4.90 Å². The molecule has 1 atom stereocenters. The summed E-state index contributed by atoms with van der Waals surface area (Å²) in [6.45, 7) is 5.88. The van der Waals surface area contributed by atoms with Crippen LogP contribution in [-0.2, 0) is 4.79 Å². The topological polar surface area (TPSA) is 53.3 Å². The highest BCUT2D eigenvalue weighted by Crippen LogP contribution is 2.15. The van der Waals surface area contributed by atoms with E-state index in [9.17, 15) is 4.79 Å². The minimum atomic E-state index is 0.166. The van der Waals surface area contributed by atoms with Crippen molar-refractivity contribution in [3.8, 4) is 0 Å². The summed E-state index contributed by atoms with van der Waals surface area (Å²) >= 11 is 0. The molecule has 1 amide bonds. The van der Waals surface area contributed by atoms with Crippen molar-refractivity contribution in [3.63, 3.8) is 0 Å². The number of nitrogens with two attached hydrogens (primary N) is 1. The maximum Gasteiger partial charge on any atom is 0.277 e. The Morgan fingerprint density at radius 2 is 1.87 bits per heavy atom. The fourth-order valence-corrected chi connectivity index (χ4v) is 2.93. The Labute approximate surface area is 136 Å². The van der Waals surface area contributed by atoms with Crippen molar-refractivity contribution in [2.75, 3.05) is 37.6 Å². The molecule has 2 N–H and O–H groups in total. The summed E-state index contributed by atoms with van der Waals surface area (Å²) in [6, 6.07) is 14.4. The number of hydrogen-bond acceptors (Lipinski definition) is 3. The third kappa shape index (κ3) is 3.93. The van der Waals surface area contributed by atoms with Crippen LogP contribution in [-0.4, -0.2) is 43.5 Å². The number of anilines is 1. The van der Waals surface area contributed by atoms with Crippen molar-refractivity contribution in [2.24, 2.45) is 0 Å². The summed E-state index contributed by atoms with van der Waals surface area (Å²) < 4.78 is 5.37. The fourth-order valence-electron chi connectivity index (χ4n) is 2.93. The lowest BCUT2D eigenvalue weighted by Crippen LogP contribution is -2.87. The van der Waals surface area contributed by atoms with E-state index in [1.807, 2.05) is 28.4 Å². The van der Waals surface area contributed by atoms with Gasteiger partial charge in [-0.05, 0) is 31.2 Å². The van der Waals surface area contributed by atoms with Gasteiger partial charge in [0.1, 0.15) is 6.04 Å². The summed E-state index contributed by atoms with van der Waals surface area (Å²) in [7, 11) is 0. The predicted octanol–water partition coefficient (Wildman–Crippen LogP) is 1.25. The summed E-state index contributed by atoms with van der Waals surface area (Å²) in [6.07, 6.45) is 1.67. The Morgan fingerprint density at radius 1 is 1.13 bits per heavy atom. The SMILES string of the molecule is C[C@@H]([NH2+]CC(=O)N1CCN(c2ccccc2)CC1)c1ccco1. The van der Waals surface area contributed by atoms with Crippen LogP contribution in [0.25, 0.3) is 0 Å². The molecule has 0 spiro atoms. The number of furan rings is 1. The molecule has 1 fully saturated rings. The second kappa shape index (κ2) is 7.33. The number of nitrogens with zero attached hydrogens (tertiary/aromatic N) is 2. The number of rotatable bonds is 5.